The van der Waals surface area contributed by atoms with Gasteiger partial charge in [-0.2, -0.15) is 0 Å². The Bertz CT molecular complexity index is 631. The molecule has 1 aromatic heterocycles. The van der Waals surface area contributed by atoms with Gasteiger partial charge in [0.1, 0.15) is 11.6 Å². The van der Waals surface area contributed by atoms with Gasteiger partial charge in [-0.3, -0.25) is 0 Å². The second-order valence-electron chi connectivity index (χ2n) is 4.66. The van der Waals surface area contributed by atoms with Crippen LogP contribution in [0.1, 0.15) is 6.92 Å². The van der Waals surface area contributed by atoms with Crippen LogP contribution in [0.3, 0.4) is 0 Å². The van der Waals surface area contributed by atoms with Crippen molar-refractivity contribution < 1.29 is 23.4 Å². The maximum absolute atomic E-state index is 14.1. The van der Waals surface area contributed by atoms with Crippen molar-refractivity contribution in [1.82, 2.24) is 9.55 Å². The molecule has 0 aliphatic carbocycles. The molecule has 0 aliphatic rings. The monoisotopic (exact) mass is 312 g/mol. The molecule has 0 bridgehead atoms. The highest BCUT2D eigenvalue weighted by atomic mass is 19.2. The van der Waals surface area contributed by atoms with Gasteiger partial charge in [-0.15, -0.1) is 0 Å². The zero-order valence-electron chi connectivity index (χ0n) is 12.4. The molecule has 7 heteroatoms. The third-order valence-electron chi connectivity index (χ3n) is 3.14. The Morgan fingerprint density at radius 2 is 2.14 bits per heavy atom. The summed E-state index contributed by atoms with van der Waals surface area (Å²) in [6.45, 7) is 2.61. The van der Waals surface area contributed by atoms with Crippen molar-refractivity contribution in [3.05, 3.63) is 36.2 Å². The molecular weight excluding hydrogens is 294 g/mol. The zero-order valence-corrected chi connectivity index (χ0v) is 12.4. The van der Waals surface area contributed by atoms with E-state index < -0.39 is 17.7 Å². The highest BCUT2D eigenvalue weighted by Gasteiger charge is 2.21. The van der Waals surface area contributed by atoms with E-state index >= 15 is 0 Å². The SMILES string of the molecule is CCOC[C@@H](O)Cn1ccnc1-c1c(OC)ccc(F)c1F. The van der Waals surface area contributed by atoms with E-state index in [0.29, 0.717) is 6.61 Å². The van der Waals surface area contributed by atoms with E-state index in [-0.39, 0.29) is 30.3 Å². The average molecular weight is 312 g/mol. The number of aliphatic hydroxyl groups excluding tert-OH is 1. The van der Waals surface area contributed by atoms with Gasteiger partial charge >= 0.3 is 0 Å². The highest BCUT2D eigenvalue weighted by Crippen LogP contribution is 2.32. The Morgan fingerprint density at radius 1 is 1.36 bits per heavy atom. The Balaban J connectivity index is 2.35. The molecular formula is C15H18F2N2O3. The van der Waals surface area contributed by atoms with Gasteiger partial charge in [0.05, 0.1) is 31.9 Å². The Morgan fingerprint density at radius 3 is 2.82 bits per heavy atom. The number of benzene rings is 1. The van der Waals surface area contributed by atoms with Crippen LogP contribution in [0, 0.1) is 11.6 Å². The molecule has 2 aromatic rings. The molecule has 5 nitrogen and oxygen atoms in total. The fraction of sp³-hybridized carbons (Fsp3) is 0.400. The summed E-state index contributed by atoms with van der Waals surface area (Å²) in [6, 6.07) is 2.33. The van der Waals surface area contributed by atoms with Crippen LogP contribution in [0.15, 0.2) is 24.5 Å². The van der Waals surface area contributed by atoms with Crippen molar-refractivity contribution in [3.8, 4) is 17.1 Å². The predicted octanol–water partition coefficient (Wildman–Crippen LogP) is 2.23. The summed E-state index contributed by atoms with van der Waals surface area (Å²) in [4.78, 5) is 4.05. The van der Waals surface area contributed by atoms with Crippen LogP contribution in [0.2, 0.25) is 0 Å². The molecule has 1 aromatic carbocycles. The number of aliphatic hydroxyl groups is 1. The van der Waals surface area contributed by atoms with Crippen LogP contribution in [0.25, 0.3) is 11.4 Å². The second-order valence-corrected chi connectivity index (χ2v) is 4.66. The van der Waals surface area contributed by atoms with Gasteiger partial charge in [0, 0.05) is 19.0 Å². The van der Waals surface area contributed by atoms with Gasteiger partial charge in [-0.25, -0.2) is 13.8 Å². The molecule has 0 aliphatic heterocycles. The summed E-state index contributed by atoms with van der Waals surface area (Å²) in [5.74, 6) is -1.67. The molecule has 0 spiro atoms. The topological polar surface area (TPSA) is 56.5 Å². The molecule has 0 radical (unpaired) electrons. The van der Waals surface area contributed by atoms with E-state index in [4.69, 9.17) is 9.47 Å². The number of ether oxygens (including phenoxy) is 2. The fourth-order valence-corrected chi connectivity index (χ4v) is 2.13. The van der Waals surface area contributed by atoms with Gasteiger partial charge in [0.15, 0.2) is 11.6 Å². The van der Waals surface area contributed by atoms with Gasteiger partial charge in [-0.1, -0.05) is 0 Å². The van der Waals surface area contributed by atoms with E-state index in [1.165, 1.54) is 23.9 Å². The van der Waals surface area contributed by atoms with E-state index in [1.54, 1.807) is 6.20 Å². The molecule has 2 rings (SSSR count). The minimum Gasteiger partial charge on any atom is -0.496 e. The number of hydrogen-bond acceptors (Lipinski definition) is 4. The molecule has 1 atom stereocenters. The lowest BCUT2D eigenvalue weighted by Gasteiger charge is -2.15. The maximum atomic E-state index is 14.1. The summed E-state index contributed by atoms with van der Waals surface area (Å²) in [5.41, 5.74) is -0.0730. The molecule has 0 saturated carbocycles. The van der Waals surface area contributed by atoms with Gasteiger partial charge < -0.3 is 19.1 Å². The molecule has 0 unspecified atom stereocenters. The first-order valence-electron chi connectivity index (χ1n) is 6.87. The molecule has 1 N–H and O–H groups in total. The predicted molar refractivity (Wildman–Crippen MR) is 76.6 cm³/mol. The van der Waals surface area contributed by atoms with Gasteiger partial charge in [0.2, 0.25) is 0 Å². The van der Waals surface area contributed by atoms with Crippen LogP contribution in [-0.4, -0.2) is 41.1 Å². The first-order chi connectivity index (χ1) is 10.6. The lowest BCUT2D eigenvalue weighted by molar-refractivity contribution is 0.0337. The Kier molecular flexibility index (Phi) is 5.46. The standard InChI is InChI=1S/C15H18F2N2O3/c1-3-22-9-10(20)8-19-7-6-18-15(19)13-12(21-2)5-4-11(16)14(13)17/h4-7,10,20H,3,8-9H2,1-2H3/t10-/m0/s1. The van der Waals surface area contributed by atoms with Crippen molar-refractivity contribution in [3.63, 3.8) is 0 Å². The van der Waals surface area contributed by atoms with E-state index in [0.717, 1.165) is 6.07 Å². The minimum absolute atomic E-state index is 0.0730. The normalized spacial score (nSPS) is 12.4. The summed E-state index contributed by atoms with van der Waals surface area (Å²) in [6.07, 6.45) is 2.25. The average Bonchev–Trinajstić information content (AvgIpc) is 2.95. The lowest BCUT2D eigenvalue weighted by atomic mass is 10.1. The lowest BCUT2D eigenvalue weighted by Crippen LogP contribution is -2.22. The zero-order chi connectivity index (χ0) is 16.1. The van der Waals surface area contributed by atoms with Crippen molar-refractivity contribution in [2.45, 2.75) is 19.6 Å². The van der Waals surface area contributed by atoms with Gasteiger partial charge in [0.25, 0.3) is 0 Å². The number of nitrogens with zero attached hydrogens (tertiary/aromatic N) is 2. The van der Waals surface area contributed by atoms with Crippen molar-refractivity contribution >= 4 is 0 Å². The Hall–Kier alpha value is -1.99. The van der Waals surface area contributed by atoms with Crippen LogP contribution < -0.4 is 4.74 Å². The van der Waals surface area contributed by atoms with Crippen molar-refractivity contribution in [1.29, 1.82) is 0 Å². The molecule has 1 heterocycles. The summed E-state index contributed by atoms with van der Waals surface area (Å²) >= 11 is 0. The Labute approximate surface area is 127 Å². The van der Waals surface area contributed by atoms with Crippen LogP contribution >= 0.6 is 0 Å². The molecule has 120 valence electrons. The molecule has 22 heavy (non-hydrogen) atoms. The van der Waals surface area contributed by atoms with Crippen LogP contribution in [0.5, 0.6) is 5.75 Å². The third kappa shape index (κ3) is 3.42. The summed E-state index contributed by atoms with van der Waals surface area (Å²) in [5, 5.41) is 9.90. The molecule has 0 fully saturated rings. The van der Waals surface area contributed by atoms with Crippen LogP contribution in [0.4, 0.5) is 8.78 Å². The third-order valence-corrected chi connectivity index (χ3v) is 3.14. The number of rotatable bonds is 7. The van der Waals surface area contributed by atoms with Crippen molar-refractivity contribution in [2.24, 2.45) is 0 Å². The number of hydrogen-bond donors (Lipinski definition) is 1. The smallest absolute Gasteiger partial charge is 0.173 e. The first-order valence-corrected chi connectivity index (χ1v) is 6.87. The number of methoxy groups -OCH3 is 1. The number of aromatic nitrogens is 2. The molecule has 0 saturated heterocycles. The van der Waals surface area contributed by atoms with E-state index in [2.05, 4.69) is 4.98 Å². The number of halogens is 2. The largest absolute Gasteiger partial charge is 0.496 e. The minimum atomic E-state index is -1.04. The van der Waals surface area contributed by atoms with E-state index in [1.807, 2.05) is 6.92 Å². The quantitative estimate of drug-likeness (QED) is 0.852. The highest BCUT2D eigenvalue weighted by molar-refractivity contribution is 5.65. The van der Waals surface area contributed by atoms with Crippen LogP contribution in [-0.2, 0) is 11.3 Å². The molecule has 0 amide bonds. The van der Waals surface area contributed by atoms with Crippen molar-refractivity contribution in [2.75, 3.05) is 20.3 Å². The summed E-state index contributed by atoms with van der Waals surface area (Å²) < 4.78 is 39.4. The number of imidazole rings is 1. The summed E-state index contributed by atoms with van der Waals surface area (Å²) in [7, 11) is 1.37. The van der Waals surface area contributed by atoms with Gasteiger partial charge in [-0.05, 0) is 19.1 Å². The van der Waals surface area contributed by atoms with E-state index in [9.17, 15) is 13.9 Å². The first kappa shape index (κ1) is 16.4. The fourth-order valence-electron chi connectivity index (χ4n) is 2.13. The maximum Gasteiger partial charge on any atom is 0.173 e. The second kappa shape index (κ2) is 7.33.